The minimum absolute atomic E-state index is 0.0350. The average molecular weight is 365 g/mol. The van der Waals surface area contributed by atoms with Crippen molar-refractivity contribution in [1.82, 2.24) is 0 Å². The molecule has 0 spiro atoms. The van der Waals surface area contributed by atoms with Crippen molar-refractivity contribution in [1.29, 1.82) is 0 Å². The summed E-state index contributed by atoms with van der Waals surface area (Å²) in [6.07, 6.45) is 0.868. The Labute approximate surface area is 147 Å². The van der Waals surface area contributed by atoms with E-state index in [9.17, 15) is 14.9 Å². The van der Waals surface area contributed by atoms with E-state index < -0.39 is 4.92 Å². The summed E-state index contributed by atoms with van der Waals surface area (Å²) in [4.78, 5) is 27.8. The Hall–Kier alpha value is -1.70. The largest absolute Gasteiger partial charge is 0.367 e. The van der Waals surface area contributed by atoms with Gasteiger partial charge in [-0.05, 0) is 23.8 Å². The zero-order valence-electron chi connectivity index (χ0n) is 12.5. The number of thioether (sulfide) groups is 1. The summed E-state index contributed by atoms with van der Waals surface area (Å²) < 4.78 is 5.31. The van der Waals surface area contributed by atoms with E-state index in [1.165, 1.54) is 12.1 Å². The molecule has 4 rings (SSSR count). The van der Waals surface area contributed by atoms with E-state index in [-0.39, 0.29) is 34.3 Å². The van der Waals surface area contributed by atoms with E-state index in [1.54, 1.807) is 17.8 Å². The van der Waals surface area contributed by atoms with Crippen LogP contribution in [-0.2, 0) is 9.53 Å². The van der Waals surface area contributed by atoms with E-state index in [0.717, 1.165) is 23.4 Å². The van der Waals surface area contributed by atoms with Gasteiger partial charge >= 0.3 is 0 Å². The monoisotopic (exact) mass is 364 g/mol. The smallest absolute Gasteiger partial charge is 0.288 e. The highest BCUT2D eigenvalue weighted by atomic mass is 35.5. The lowest BCUT2D eigenvalue weighted by Gasteiger charge is -2.33. The van der Waals surface area contributed by atoms with Gasteiger partial charge in [0, 0.05) is 23.3 Å². The van der Waals surface area contributed by atoms with Gasteiger partial charge in [0.1, 0.15) is 11.6 Å². The first-order chi connectivity index (χ1) is 11.6. The summed E-state index contributed by atoms with van der Waals surface area (Å²) in [5, 5.41) is 11.4. The number of carbonyl (C=O) groups is 1. The molecule has 0 bridgehead atoms. The number of hydrogen-bond donors (Lipinski definition) is 0. The van der Waals surface area contributed by atoms with Gasteiger partial charge in [0.05, 0.1) is 22.5 Å². The predicted octanol–water partition coefficient (Wildman–Crippen LogP) is 3.15. The van der Waals surface area contributed by atoms with Crippen LogP contribution in [0.1, 0.15) is 17.9 Å². The number of nitrogens with zero attached hydrogens (tertiary/aromatic N) is 2. The van der Waals surface area contributed by atoms with Crippen LogP contribution in [0.2, 0.25) is 5.02 Å². The number of rotatable bonds is 2. The molecule has 0 radical (unpaired) electrons. The van der Waals surface area contributed by atoms with Crippen LogP contribution in [0.3, 0.4) is 0 Å². The van der Waals surface area contributed by atoms with Crippen LogP contribution in [0.15, 0.2) is 34.5 Å². The summed E-state index contributed by atoms with van der Waals surface area (Å²) in [7, 11) is 0. The summed E-state index contributed by atoms with van der Waals surface area (Å²) in [5.74, 6) is 0.618. The molecule has 0 aliphatic carbocycles. The second kappa shape index (κ2) is 5.98. The molecule has 6 nitrogen and oxygen atoms in total. The maximum absolute atomic E-state index is 12.5. The van der Waals surface area contributed by atoms with Crippen LogP contribution in [-0.4, -0.2) is 40.6 Å². The molecular weight excluding hydrogens is 352 g/mol. The molecule has 24 heavy (non-hydrogen) atoms. The highest BCUT2D eigenvalue weighted by Crippen LogP contribution is 2.46. The van der Waals surface area contributed by atoms with Crippen LogP contribution >= 0.6 is 23.4 Å². The Morgan fingerprint density at radius 3 is 3.00 bits per heavy atom. The molecular formula is C16H13ClN2O4S. The molecule has 1 fully saturated rings. The molecule has 8 heteroatoms. The van der Waals surface area contributed by atoms with Gasteiger partial charge < -0.3 is 4.74 Å². The number of nitro benzene ring substituents is 1. The van der Waals surface area contributed by atoms with Crippen molar-refractivity contribution in [3.05, 3.63) is 50.2 Å². The van der Waals surface area contributed by atoms with Gasteiger partial charge in [-0.3, -0.25) is 19.9 Å². The van der Waals surface area contributed by atoms with Crippen molar-refractivity contribution < 1.29 is 14.5 Å². The third-order valence-electron chi connectivity index (χ3n) is 4.49. The Morgan fingerprint density at radius 2 is 2.21 bits per heavy atom. The first-order valence-corrected chi connectivity index (χ1v) is 8.96. The lowest BCUT2D eigenvalue weighted by atomic mass is 9.80. The van der Waals surface area contributed by atoms with Gasteiger partial charge in [-0.2, -0.15) is 11.8 Å². The molecule has 0 N–H and O–H groups in total. The Bertz CT molecular complexity index is 820. The highest BCUT2D eigenvalue weighted by Gasteiger charge is 2.43. The molecule has 3 heterocycles. The zero-order chi connectivity index (χ0) is 16.8. The van der Waals surface area contributed by atoms with Crippen LogP contribution in [0.25, 0.3) is 0 Å². The number of benzene rings is 1. The normalized spacial score (nSPS) is 26.0. The number of ether oxygens (including phenoxy) is 1. The molecule has 2 unspecified atom stereocenters. The van der Waals surface area contributed by atoms with Gasteiger partial charge in [-0.1, -0.05) is 17.7 Å². The molecule has 0 aromatic heterocycles. The first-order valence-electron chi connectivity index (χ1n) is 7.53. The average Bonchev–Trinajstić information content (AvgIpc) is 3.01. The zero-order valence-corrected chi connectivity index (χ0v) is 14.1. The SMILES string of the molecule is O=C1COCC2=C1C(c1ccc(Cl)c([N+](=O)[O-])c1)C1SCCC1=N2. The molecule has 2 atom stereocenters. The summed E-state index contributed by atoms with van der Waals surface area (Å²) in [6, 6.07) is 4.79. The van der Waals surface area contributed by atoms with Crippen LogP contribution in [0, 0.1) is 10.1 Å². The van der Waals surface area contributed by atoms with Crippen LogP contribution in [0.5, 0.6) is 0 Å². The number of fused-ring (bicyclic) bond motifs is 1. The topological polar surface area (TPSA) is 81.8 Å². The van der Waals surface area contributed by atoms with E-state index in [4.69, 9.17) is 16.3 Å². The third kappa shape index (κ3) is 2.47. The Kier molecular flexibility index (Phi) is 3.94. The first kappa shape index (κ1) is 15.8. The van der Waals surface area contributed by atoms with Gasteiger partial charge in [-0.25, -0.2) is 0 Å². The second-order valence-corrected chi connectivity index (χ2v) is 7.52. The van der Waals surface area contributed by atoms with Crippen molar-refractivity contribution in [3.63, 3.8) is 0 Å². The molecule has 0 saturated carbocycles. The minimum atomic E-state index is -0.494. The number of nitro groups is 1. The molecule has 3 aliphatic heterocycles. The number of halogens is 1. The van der Waals surface area contributed by atoms with Crippen LogP contribution < -0.4 is 0 Å². The number of ketones is 1. The van der Waals surface area contributed by atoms with Gasteiger partial charge in [0.15, 0.2) is 5.78 Å². The lowest BCUT2D eigenvalue weighted by Crippen LogP contribution is -2.35. The standard InChI is InChI=1S/C16H13ClN2O4S/c17-9-2-1-8(5-12(9)19(21)22)14-15-11(6-23-7-13(15)20)18-10-3-4-24-16(10)14/h1-2,5,14,16H,3-4,6-7H2. The maximum atomic E-state index is 12.5. The van der Waals surface area contributed by atoms with E-state index in [0.29, 0.717) is 17.9 Å². The summed E-state index contributed by atoms with van der Waals surface area (Å²) >= 11 is 7.68. The number of carbonyl (C=O) groups excluding carboxylic acids is 1. The maximum Gasteiger partial charge on any atom is 0.288 e. The lowest BCUT2D eigenvalue weighted by molar-refractivity contribution is -0.384. The van der Waals surface area contributed by atoms with E-state index >= 15 is 0 Å². The van der Waals surface area contributed by atoms with Gasteiger partial charge in [0.25, 0.3) is 5.69 Å². The molecule has 124 valence electrons. The Morgan fingerprint density at radius 1 is 1.38 bits per heavy atom. The van der Waals surface area contributed by atoms with Crippen molar-refractivity contribution in [2.24, 2.45) is 4.99 Å². The van der Waals surface area contributed by atoms with Crippen molar-refractivity contribution >= 4 is 40.5 Å². The van der Waals surface area contributed by atoms with Crippen molar-refractivity contribution in [3.8, 4) is 0 Å². The fourth-order valence-corrected chi connectivity index (χ4v) is 5.08. The van der Waals surface area contributed by atoms with E-state index in [2.05, 4.69) is 4.99 Å². The summed E-state index contributed by atoms with van der Waals surface area (Å²) in [5.41, 5.74) is 2.95. The van der Waals surface area contributed by atoms with Crippen LogP contribution in [0.4, 0.5) is 5.69 Å². The van der Waals surface area contributed by atoms with Crippen molar-refractivity contribution in [2.45, 2.75) is 17.6 Å². The number of Topliss-reactive ketones (excluding diaryl/α,β-unsaturated/α-hetero) is 1. The number of aliphatic imine (C=N–C) groups is 1. The second-order valence-electron chi connectivity index (χ2n) is 5.87. The van der Waals surface area contributed by atoms with Crippen molar-refractivity contribution in [2.75, 3.05) is 19.0 Å². The Balaban J connectivity index is 1.87. The molecule has 1 aromatic carbocycles. The third-order valence-corrected chi connectivity index (χ3v) is 6.15. The fourth-order valence-electron chi connectivity index (χ4n) is 3.47. The molecule has 1 aromatic rings. The molecule has 3 aliphatic rings. The fraction of sp³-hybridized carbons (Fsp3) is 0.375. The minimum Gasteiger partial charge on any atom is -0.367 e. The summed E-state index contributed by atoms with van der Waals surface area (Å²) in [6.45, 7) is 0.349. The molecule has 1 saturated heterocycles. The quantitative estimate of drug-likeness (QED) is 0.594. The van der Waals surface area contributed by atoms with E-state index in [1.807, 2.05) is 0 Å². The molecule has 0 amide bonds. The number of hydrogen-bond acceptors (Lipinski definition) is 6. The predicted molar refractivity (Wildman–Crippen MR) is 92.0 cm³/mol. The van der Waals surface area contributed by atoms with Gasteiger partial charge in [0.2, 0.25) is 0 Å². The van der Waals surface area contributed by atoms with Gasteiger partial charge in [-0.15, -0.1) is 0 Å². The highest BCUT2D eigenvalue weighted by molar-refractivity contribution is 8.01.